The van der Waals surface area contributed by atoms with Gasteiger partial charge in [-0.15, -0.1) is 0 Å². The van der Waals surface area contributed by atoms with Gasteiger partial charge < -0.3 is 4.74 Å². The number of benzene rings is 2. The van der Waals surface area contributed by atoms with E-state index in [9.17, 15) is 8.78 Å². The number of ether oxygens (including phenoxy) is 1. The summed E-state index contributed by atoms with van der Waals surface area (Å²) in [6.07, 6.45) is 0. The fourth-order valence-corrected chi connectivity index (χ4v) is 2.04. The third kappa shape index (κ3) is 2.32. The zero-order valence-corrected chi connectivity index (χ0v) is 10.7. The predicted octanol–water partition coefficient (Wildman–Crippen LogP) is 4.61. The second-order valence-corrected chi connectivity index (χ2v) is 4.47. The van der Waals surface area contributed by atoms with Crippen LogP contribution in [0.3, 0.4) is 0 Å². The van der Waals surface area contributed by atoms with E-state index in [1.54, 1.807) is 6.07 Å². The Balaban J connectivity index is 2.02. The van der Waals surface area contributed by atoms with E-state index < -0.39 is 11.6 Å². The first-order valence-corrected chi connectivity index (χ1v) is 6.13. The van der Waals surface area contributed by atoms with Gasteiger partial charge >= 0.3 is 0 Å². The Labute approximate surface area is 114 Å². The van der Waals surface area contributed by atoms with Crippen LogP contribution in [-0.4, -0.2) is 4.98 Å². The van der Waals surface area contributed by atoms with E-state index in [-0.39, 0.29) is 11.6 Å². The standard InChI is InChI=1S/C16H11F2NO/c1-10-8-16(19-14-5-3-2-4-12(10)14)20-15-7-6-11(17)9-13(15)18/h2-9H,1H3. The number of nitrogens with zero attached hydrogens (tertiary/aromatic N) is 1. The molecule has 0 aliphatic carbocycles. The molecule has 0 saturated heterocycles. The van der Waals surface area contributed by atoms with Crippen LogP contribution in [0.25, 0.3) is 10.9 Å². The lowest BCUT2D eigenvalue weighted by molar-refractivity contribution is 0.425. The van der Waals surface area contributed by atoms with E-state index in [0.717, 1.165) is 28.6 Å². The molecule has 100 valence electrons. The molecule has 0 amide bonds. The maximum Gasteiger partial charge on any atom is 0.220 e. The Kier molecular flexibility index (Phi) is 3.06. The summed E-state index contributed by atoms with van der Waals surface area (Å²) in [5.41, 5.74) is 1.75. The van der Waals surface area contributed by atoms with Gasteiger partial charge in [0.1, 0.15) is 5.82 Å². The fraction of sp³-hybridized carbons (Fsp3) is 0.0625. The number of aryl methyl sites for hydroxylation is 1. The van der Waals surface area contributed by atoms with Gasteiger partial charge in [-0.2, -0.15) is 0 Å². The van der Waals surface area contributed by atoms with Crippen LogP contribution in [0.5, 0.6) is 11.6 Å². The molecule has 0 bridgehead atoms. The summed E-state index contributed by atoms with van der Waals surface area (Å²) in [4.78, 5) is 4.31. The van der Waals surface area contributed by atoms with Crippen molar-refractivity contribution in [3.8, 4) is 11.6 Å². The van der Waals surface area contributed by atoms with Crippen molar-refractivity contribution in [3.05, 3.63) is 65.7 Å². The van der Waals surface area contributed by atoms with E-state index >= 15 is 0 Å². The van der Waals surface area contributed by atoms with E-state index in [2.05, 4.69) is 4.98 Å². The van der Waals surface area contributed by atoms with Crippen molar-refractivity contribution in [1.82, 2.24) is 4.98 Å². The summed E-state index contributed by atoms with van der Waals surface area (Å²) in [6.45, 7) is 1.93. The summed E-state index contributed by atoms with van der Waals surface area (Å²) < 4.78 is 31.8. The summed E-state index contributed by atoms with van der Waals surface area (Å²) in [5, 5.41) is 1.01. The maximum atomic E-state index is 13.6. The van der Waals surface area contributed by atoms with E-state index in [4.69, 9.17) is 4.74 Å². The van der Waals surface area contributed by atoms with Gasteiger partial charge in [0.25, 0.3) is 0 Å². The second-order valence-electron chi connectivity index (χ2n) is 4.47. The van der Waals surface area contributed by atoms with Crippen LogP contribution in [0.2, 0.25) is 0 Å². The van der Waals surface area contributed by atoms with Gasteiger partial charge in [-0.1, -0.05) is 18.2 Å². The molecule has 0 radical (unpaired) electrons. The van der Waals surface area contributed by atoms with Gasteiger partial charge in [-0.3, -0.25) is 0 Å². The van der Waals surface area contributed by atoms with Crippen molar-refractivity contribution >= 4 is 10.9 Å². The number of pyridine rings is 1. The molecule has 1 aromatic heterocycles. The Morgan fingerprint density at radius 3 is 2.60 bits per heavy atom. The number of hydrogen-bond acceptors (Lipinski definition) is 2. The van der Waals surface area contributed by atoms with Crippen LogP contribution in [0.15, 0.2) is 48.5 Å². The molecule has 0 spiro atoms. The first-order valence-electron chi connectivity index (χ1n) is 6.13. The smallest absolute Gasteiger partial charge is 0.220 e. The summed E-state index contributed by atoms with van der Waals surface area (Å²) >= 11 is 0. The van der Waals surface area contributed by atoms with Crippen LogP contribution < -0.4 is 4.74 Å². The molecular weight excluding hydrogens is 260 g/mol. The van der Waals surface area contributed by atoms with Gasteiger partial charge in [-0.25, -0.2) is 13.8 Å². The maximum absolute atomic E-state index is 13.6. The minimum atomic E-state index is -0.752. The number of hydrogen-bond donors (Lipinski definition) is 0. The normalized spacial score (nSPS) is 10.8. The molecule has 0 aliphatic heterocycles. The number of rotatable bonds is 2. The number of fused-ring (bicyclic) bond motifs is 1. The minimum absolute atomic E-state index is 0.0476. The highest BCUT2D eigenvalue weighted by Gasteiger charge is 2.09. The molecule has 0 atom stereocenters. The molecule has 0 N–H and O–H groups in total. The van der Waals surface area contributed by atoms with Crippen molar-refractivity contribution in [1.29, 1.82) is 0 Å². The summed E-state index contributed by atoms with van der Waals surface area (Å²) in [7, 11) is 0. The third-order valence-electron chi connectivity index (χ3n) is 3.01. The average molecular weight is 271 g/mol. The van der Waals surface area contributed by atoms with E-state index in [0.29, 0.717) is 0 Å². The second kappa shape index (κ2) is 4.89. The highest BCUT2D eigenvalue weighted by atomic mass is 19.1. The van der Waals surface area contributed by atoms with Crippen LogP contribution in [-0.2, 0) is 0 Å². The molecular formula is C16H11F2NO. The number of aromatic nitrogens is 1. The molecule has 0 unspecified atom stereocenters. The molecule has 0 saturated carbocycles. The molecule has 20 heavy (non-hydrogen) atoms. The third-order valence-corrected chi connectivity index (χ3v) is 3.01. The van der Waals surface area contributed by atoms with Crippen LogP contribution in [0.4, 0.5) is 8.78 Å². The minimum Gasteiger partial charge on any atom is -0.436 e. The highest BCUT2D eigenvalue weighted by molar-refractivity contribution is 5.82. The van der Waals surface area contributed by atoms with Crippen molar-refractivity contribution in [2.45, 2.75) is 6.92 Å². The van der Waals surface area contributed by atoms with Crippen LogP contribution in [0, 0.1) is 18.6 Å². The van der Waals surface area contributed by atoms with Crippen molar-refractivity contribution in [2.24, 2.45) is 0 Å². The molecule has 2 nitrogen and oxygen atoms in total. The highest BCUT2D eigenvalue weighted by Crippen LogP contribution is 2.27. The number of halogens is 2. The van der Waals surface area contributed by atoms with Gasteiger partial charge in [0.15, 0.2) is 11.6 Å². The first kappa shape index (κ1) is 12.5. The van der Waals surface area contributed by atoms with E-state index in [1.807, 2.05) is 31.2 Å². The molecule has 0 fully saturated rings. The monoisotopic (exact) mass is 271 g/mol. The molecule has 3 aromatic rings. The molecule has 0 aliphatic rings. The van der Waals surface area contributed by atoms with Gasteiger partial charge in [0.05, 0.1) is 5.52 Å². The lowest BCUT2D eigenvalue weighted by Gasteiger charge is -2.08. The SMILES string of the molecule is Cc1cc(Oc2ccc(F)cc2F)nc2ccccc12. The van der Waals surface area contributed by atoms with Gasteiger partial charge in [0, 0.05) is 17.5 Å². The number of para-hydroxylation sites is 1. The first-order chi connectivity index (χ1) is 9.63. The molecule has 1 heterocycles. The fourth-order valence-electron chi connectivity index (χ4n) is 2.04. The van der Waals surface area contributed by atoms with Gasteiger partial charge in [0.2, 0.25) is 5.88 Å². The Hall–Kier alpha value is -2.49. The van der Waals surface area contributed by atoms with E-state index in [1.165, 1.54) is 6.07 Å². The summed E-state index contributed by atoms with van der Waals surface area (Å²) in [6, 6.07) is 12.5. The topological polar surface area (TPSA) is 22.1 Å². The quantitative estimate of drug-likeness (QED) is 0.678. The lowest BCUT2D eigenvalue weighted by Crippen LogP contribution is -1.93. The van der Waals surface area contributed by atoms with Crippen molar-refractivity contribution < 1.29 is 13.5 Å². The van der Waals surface area contributed by atoms with Crippen LogP contribution >= 0.6 is 0 Å². The van der Waals surface area contributed by atoms with Crippen molar-refractivity contribution in [3.63, 3.8) is 0 Å². The Morgan fingerprint density at radius 2 is 1.80 bits per heavy atom. The zero-order chi connectivity index (χ0) is 14.1. The summed E-state index contributed by atoms with van der Waals surface area (Å²) in [5.74, 6) is -1.16. The lowest BCUT2D eigenvalue weighted by atomic mass is 10.1. The largest absolute Gasteiger partial charge is 0.436 e. The molecule has 2 aromatic carbocycles. The Morgan fingerprint density at radius 1 is 1.00 bits per heavy atom. The molecule has 4 heteroatoms. The van der Waals surface area contributed by atoms with Crippen molar-refractivity contribution in [2.75, 3.05) is 0 Å². The molecule has 3 rings (SSSR count). The average Bonchev–Trinajstić information content (AvgIpc) is 2.42. The van der Waals surface area contributed by atoms with Gasteiger partial charge in [-0.05, 0) is 30.7 Å². The predicted molar refractivity (Wildman–Crippen MR) is 72.9 cm³/mol. The Bertz CT molecular complexity index is 787. The van der Waals surface area contributed by atoms with Crippen LogP contribution in [0.1, 0.15) is 5.56 Å². The zero-order valence-electron chi connectivity index (χ0n) is 10.7.